The number of rotatable bonds is 21. The lowest BCUT2D eigenvalue weighted by molar-refractivity contribution is 0.300. The van der Waals surface area contributed by atoms with Gasteiger partial charge in [-0.2, -0.15) is 0 Å². The molecule has 0 bridgehead atoms. The first-order valence-electron chi connectivity index (χ1n) is 22.4. The lowest BCUT2D eigenvalue weighted by Crippen LogP contribution is -2.16. The summed E-state index contributed by atoms with van der Waals surface area (Å²) in [7, 11) is -6.41. The van der Waals surface area contributed by atoms with Crippen molar-refractivity contribution in [1.82, 2.24) is 29.9 Å². The molecule has 4 aromatic heterocycles. The summed E-state index contributed by atoms with van der Waals surface area (Å²) in [6.45, 7) is 4.43. The van der Waals surface area contributed by atoms with E-state index in [1.54, 1.807) is 12.1 Å². The van der Waals surface area contributed by atoms with Gasteiger partial charge in [-0.15, -0.1) is 0 Å². The molecule has 0 atom stereocenters. The number of ether oxygens (including phenoxy) is 4. The Bertz CT molecular complexity index is 3330. The smallest absolute Gasteiger partial charge is 0.264 e. The van der Waals surface area contributed by atoms with Crippen LogP contribution in [-0.2, 0) is 20.0 Å². The molecule has 0 aliphatic carbocycles. The van der Waals surface area contributed by atoms with Crippen molar-refractivity contribution < 1.29 is 53.3 Å². The molecule has 16 nitrogen and oxygen atoms in total. The number of fused-ring (bicyclic) bond motifs is 2. The molecule has 2 N–H and O–H groups in total. The molecule has 0 unspecified atom stereocenters. The molecule has 0 saturated carbocycles. The van der Waals surface area contributed by atoms with E-state index in [9.17, 15) is 34.4 Å². The highest BCUT2D eigenvalue weighted by Gasteiger charge is 2.25. The highest BCUT2D eigenvalue weighted by Crippen LogP contribution is 2.38. The van der Waals surface area contributed by atoms with Gasteiger partial charge in [0.1, 0.15) is 79.6 Å². The monoisotopic (exact) mass is 1030 g/mol. The Balaban J connectivity index is 0.878. The van der Waals surface area contributed by atoms with Crippen molar-refractivity contribution in [1.29, 1.82) is 0 Å². The van der Waals surface area contributed by atoms with Crippen LogP contribution in [0.1, 0.15) is 49.9 Å². The molecule has 8 rings (SSSR count). The number of nitrogens with one attached hydrogen (secondary N) is 2. The van der Waals surface area contributed by atoms with Crippen molar-refractivity contribution in [2.24, 2.45) is 0 Å². The van der Waals surface area contributed by atoms with E-state index in [-0.39, 0.29) is 23.1 Å². The highest BCUT2D eigenvalue weighted by atomic mass is 32.2. The molecular weight excluding hydrogens is 981 g/mol. The molecule has 22 heteroatoms. The number of anilines is 2. The number of aromatic nitrogens is 6. The minimum absolute atomic E-state index is 0.0722. The van der Waals surface area contributed by atoms with Gasteiger partial charge >= 0.3 is 0 Å². The van der Waals surface area contributed by atoms with E-state index in [0.717, 1.165) is 62.8 Å². The van der Waals surface area contributed by atoms with Crippen LogP contribution in [0.15, 0.2) is 108 Å². The van der Waals surface area contributed by atoms with Crippen LogP contribution in [0.2, 0.25) is 0 Å². The van der Waals surface area contributed by atoms with Crippen molar-refractivity contribution in [2.45, 2.75) is 62.2 Å². The van der Waals surface area contributed by atoms with Gasteiger partial charge in [0.2, 0.25) is 11.8 Å². The van der Waals surface area contributed by atoms with E-state index in [1.807, 2.05) is 26.0 Å². The van der Waals surface area contributed by atoms with Gasteiger partial charge in [0, 0.05) is 57.8 Å². The summed E-state index contributed by atoms with van der Waals surface area (Å²) in [5, 5.41) is 1.41. The molecule has 0 fully saturated rings. The SMILES string of the molecule is COc1ncc(-c2cc(OCCCCCCCCOc3cc(-c4cnc(OC)c(NS(=O)(=O)c5ccc(F)cc5F)c4)cc4c(C)ncnc34)c3ncnc(C)c3c2)cc1NS(=O)(=O)c1ccc(F)cc1F. The number of nitrogens with zero attached hydrogens (tertiary/aromatic N) is 6. The Morgan fingerprint density at radius 1 is 0.486 bits per heavy atom. The van der Waals surface area contributed by atoms with Gasteiger partial charge in [-0.1, -0.05) is 25.7 Å². The molecule has 0 spiro atoms. The summed E-state index contributed by atoms with van der Waals surface area (Å²) in [5.74, 6) is -3.53. The predicted molar refractivity (Wildman–Crippen MR) is 261 cm³/mol. The molecule has 4 heterocycles. The molecule has 72 heavy (non-hydrogen) atoms. The Morgan fingerprint density at radius 3 is 1.28 bits per heavy atom. The van der Waals surface area contributed by atoms with Crippen molar-refractivity contribution in [3.8, 4) is 45.5 Å². The summed E-state index contributed by atoms with van der Waals surface area (Å²) < 4.78 is 137. The third-order valence-electron chi connectivity index (χ3n) is 11.5. The number of sulfonamides is 2. The maximum Gasteiger partial charge on any atom is 0.264 e. The minimum Gasteiger partial charge on any atom is -0.491 e. The predicted octanol–water partition coefficient (Wildman–Crippen LogP) is 10.3. The fourth-order valence-electron chi connectivity index (χ4n) is 7.83. The highest BCUT2D eigenvalue weighted by molar-refractivity contribution is 7.93. The van der Waals surface area contributed by atoms with E-state index < -0.39 is 53.1 Å². The van der Waals surface area contributed by atoms with Crippen LogP contribution in [0.25, 0.3) is 44.1 Å². The summed E-state index contributed by atoms with van der Waals surface area (Å²) in [6, 6.07) is 14.5. The number of benzene rings is 4. The second kappa shape index (κ2) is 21.7. The van der Waals surface area contributed by atoms with Crippen molar-refractivity contribution in [3.63, 3.8) is 0 Å². The largest absolute Gasteiger partial charge is 0.491 e. The van der Waals surface area contributed by atoms with Gasteiger partial charge in [-0.25, -0.2) is 64.3 Å². The first kappa shape index (κ1) is 50.7. The molecule has 0 amide bonds. The standard InChI is InChI=1S/C50H46F4N8O8S2/c1-29-37-17-31(33-19-41(49(67-3)55-25-33)61-71(63,64)45-13-11-35(51)23-39(45)53)21-43(47(37)59-27-57-29)69-15-9-7-5-6-8-10-16-70-44-22-32(18-38-30(2)58-28-60-48(38)44)34-20-42(50(68-4)56-26-34)62-72(65,66)46-14-12-36(52)24-40(46)54/h11-14,17-28,61-62H,5-10,15-16H2,1-4H3. The number of hydrogen-bond donors (Lipinski definition) is 2. The van der Waals surface area contributed by atoms with Crippen molar-refractivity contribution >= 4 is 53.2 Å². The van der Waals surface area contributed by atoms with Gasteiger partial charge in [0.25, 0.3) is 20.0 Å². The van der Waals surface area contributed by atoms with Crippen LogP contribution < -0.4 is 28.4 Å². The van der Waals surface area contributed by atoms with Crippen LogP contribution in [0, 0.1) is 37.1 Å². The second-order valence-electron chi connectivity index (χ2n) is 16.4. The fourth-order valence-corrected chi connectivity index (χ4v) is 10.0. The molecule has 0 radical (unpaired) electrons. The number of halogens is 4. The number of hydrogen-bond acceptors (Lipinski definition) is 14. The molecule has 0 aliphatic rings. The van der Waals surface area contributed by atoms with Gasteiger partial charge in [0.05, 0.1) is 27.4 Å². The van der Waals surface area contributed by atoms with Crippen LogP contribution >= 0.6 is 0 Å². The Kier molecular flexibility index (Phi) is 15.3. The van der Waals surface area contributed by atoms with Gasteiger partial charge in [-0.3, -0.25) is 9.44 Å². The van der Waals surface area contributed by atoms with E-state index in [4.69, 9.17) is 18.9 Å². The second-order valence-corrected chi connectivity index (χ2v) is 19.7. The lowest BCUT2D eigenvalue weighted by Gasteiger charge is -2.15. The number of methoxy groups -OCH3 is 2. The average Bonchev–Trinajstić information content (AvgIpc) is 3.34. The zero-order valence-corrected chi connectivity index (χ0v) is 40.8. The zero-order valence-electron chi connectivity index (χ0n) is 39.2. The van der Waals surface area contributed by atoms with E-state index in [2.05, 4.69) is 39.3 Å². The van der Waals surface area contributed by atoms with Crippen LogP contribution in [0.3, 0.4) is 0 Å². The lowest BCUT2D eigenvalue weighted by atomic mass is 10.0. The summed E-state index contributed by atoms with van der Waals surface area (Å²) in [5.41, 5.74) is 4.59. The molecular formula is C50H46F4N8O8S2. The number of pyridine rings is 2. The zero-order chi connectivity index (χ0) is 51.2. The minimum atomic E-state index is -4.51. The summed E-state index contributed by atoms with van der Waals surface area (Å²) >= 11 is 0. The maximum atomic E-state index is 14.5. The number of aryl methyl sites for hydroxylation is 2. The molecule has 0 saturated heterocycles. The van der Waals surface area contributed by atoms with Gasteiger partial charge in [0.15, 0.2) is 0 Å². The molecule has 0 aliphatic heterocycles. The topological polar surface area (TPSA) is 207 Å². The van der Waals surface area contributed by atoms with Crippen molar-refractivity contribution in [2.75, 3.05) is 36.9 Å². The van der Waals surface area contributed by atoms with Gasteiger partial charge in [-0.05, 0) is 98.5 Å². The van der Waals surface area contributed by atoms with Crippen LogP contribution in [0.4, 0.5) is 28.9 Å². The number of unbranched alkanes of at least 4 members (excludes halogenated alkanes) is 5. The Morgan fingerprint density at radius 2 is 0.889 bits per heavy atom. The Hall–Kier alpha value is -7.72. The average molecular weight is 1030 g/mol. The van der Waals surface area contributed by atoms with E-state index >= 15 is 0 Å². The van der Waals surface area contributed by atoms with Crippen LogP contribution in [-0.4, -0.2) is 74.2 Å². The fraction of sp³-hybridized carbons (Fsp3) is 0.240. The van der Waals surface area contributed by atoms with Crippen molar-refractivity contribution in [3.05, 3.63) is 133 Å². The van der Waals surface area contributed by atoms with E-state index in [1.165, 1.54) is 51.4 Å². The summed E-state index contributed by atoms with van der Waals surface area (Å²) in [6.07, 6.45) is 11.0. The maximum absolute atomic E-state index is 14.5. The van der Waals surface area contributed by atoms with Gasteiger partial charge < -0.3 is 18.9 Å². The third kappa shape index (κ3) is 11.4. The van der Waals surface area contributed by atoms with E-state index in [0.29, 0.717) is 92.3 Å². The molecule has 374 valence electrons. The molecule has 8 aromatic rings. The van der Waals surface area contributed by atoms with Crippen LogP contribution in [0.5, 0.6) is 23.3 Å². The first-order valence-corrected chi connectivity index (χ1v) is 25.3. The molecule has 4 aromatic carbocycles. The third-order valence-corrected chi connectivity index (χ3v) is 14.3. The Labute approximate surface area is 412 Å². The quantitative estimate of drug-likeness (QED) is 0.0507. The first-order chi connectivity index (χ1) is 34.5. The summed E-state index contributed by atoms with van der Waals surface area (Å²) in [4.78, 5) is 24.7. The normalized spacial score (nSPS) is 11.7.